The monoisotopic (exact) mass is 539 g/mol. The molecule has 0 spiro atoms. The predicted molar refractivity (Wildman–Crippen MR) is 137 cm³/mol. The summed E-state index contributed by atoms with van der Waals surface area (Å²) in [6.45, 7) is 3.50. The highest BCUT2D eigenvalue weighted by Crippen LogP contribution is 2.37. The molecule has 7 nitrogen and oxygen atoms in total. The van der Waals surface area contributed by atoms with Gasteiger partial charge in [0.15, 0.2) is 5.69 Å². The molecule has 0 fully saturated rings. The molecule has 5 rings (SSSR count). The van der Waals surface area contributed by atoms with Gasteiger partial charge in [0, 0.05) is 18.0 Å². The molecule has 3 heterocycles. The van der Waals surface area contributed by atoms with E-state index in [4.69, 9.17) is 16.3 Å². The molecule has 2 aromatic carbocycles. The molecule has 194 valence electrons. The summed E-state index contributed by atoms with van der Waals surface area (Å²) in [6.07, 6.45) is -1.23. The average Bonchev–Trinajstić information content (AvgIpc) is 3.42. The number of halogens is 4. The van der Waals surface area contributed by atoms with E-state index >= 15 is 0 Å². The first kappa shape index (κ1) is 25.3. The number of imidazole rings is 1. The highest BCUT2D eigenvalue weighted by atomic mass is 35.5. The Kier molecular flexibility index (Phi) is 6.58. The Labute approximate surface area is 220 Å². The fourth-order valence-corrected chi connectivity index (χ4v) is 4.19. The van der Waals surface area contributed by atoms with Crippen LogP contribution >= 0.6 is 11.6 Å². The van der Waals surface area contributed by atoms with Crippen molar-refractivity contribution < 1.29 is 22.7 Å². The number of carbonyl (C=O) groups is 1. The van der Waals surface area contributed by atoms with Gasteiger partial charge in [0.1, 0.15) is 23.7 Å². The van der Waals surface area contributed by atoms with E-state index < -0.39 is 22.8 Å². The van der Waals surface area contributed by atoms with Crippen LogP contribution < -0.4 is 10.1 Å². The number of alkyl halides is 3. The molecule has 0 aliphatic rings. The van der Waals surface area contributed by atoms with Crippen molar-refractivity contribution in [2.24, 2.45) is 0 Å². The standard InChI is InChI=1S/C27H21ClF3N5O2/c1-16-6-9-21(10-7-16)38-15-22-24(28)25(27(29,30)31)34-36(22)20-5-3-4-18(12-20)26(37)33-19-8-11-23-32-17(2)13-35(23)14-19/h3-14H,15H2,1-2H3,(H,33,37). The lowest BCUT2D eigenvalue weighted by molar-refractivity contribution is -0.141. The number of aryl methyl sites for hydroxylation is 2. The second kappa shape index (κ2) is 9.86. The second-order valence-corrected chi connectivity index (χ2v) is 9.07. The molecule has 38 heavy (non-hydrogen) atoms. The van der Waals surface area contributed by atoms with Crippen LogP contribution in [0, 0.1) is 13.8 Å². The number of nitrogens with zero attached hydrogens (tertiary/aromatic N) is 4. The van der Waals surface area contributed by atoms with Crippen LogP contribution in [0.25, 0.3) is 11.3 Å². The average molecular weight is 540 g/mol. The lowest BCUT2D eigenvalue weighted by Gasteiger charge is -2.11. The van der Waals surface area contributed by atoms with Crippen molar-refractivity contribution in [2.45, 2.75) is 26.6 Å². The van der Waals surface area contributed by atoms with Crippen molar-refractivity contribution in [3.8, 4) is 11.4 Å². The second-order valence-electron chi connectivity index (χ2n) is 8.69. The first-order valence-corrected chi connectivity index (χ1v) is 11.9. The van der Waals surface area contributed by atoms with Gasteiger partial charge in [-0.2, -0.15) is 18.3 Å². The minimum atomic E-state index is -4.78. The maximum absolute atomic E-state index is 13.7. The topological polar surface area (TPSA) is 73.5 Å². The van der Waals surface area contributed by atoms with E-state index in [1.807, 2.05) is 32.2 Å². The zero-order valence-electron chi connectivity index (χ0n) is 20.3. The minimum Gasteiger partial charge on any atom is -0.487 e. The van der Waals surface area contributed by atoms with E-state index in [0.717, 1.165) is 21.6 Å². The number of hydrogen-bond acceptors (Lipinski definition) is 4. The number of carbonyl (C=O) groups excluding carboxylic acids is 1. The molecule has 11 heteroatoms. The molecule has 1 N–H and O–H groups in total. The van der Waals surface area contributed by atoms with Gasteiger partial charge in [0.05, 0.1) is 22.1 Å². The van der Waals surface area contributed by atoms with Crippen molar-refractivity contribution in [2.75, 3.05) is 5.32 Å². The Morgan fingerprint density at radius 3 is 2.55 bits per heavy atom. The number of hydrogen-bond donors (Lipinski definition) is 1. The van der Waals surface area contributed by atoms with E-state index in [9.17, 15) is 18.0 Å². The summed E-state index contributed by atoms with van der Waals surface area (Å²) in [5.41, 5.74) is 2.30. The number of nitrogens with one attached hydrogen (secondary N) is 1. The van der Waals surface area contributed by atoms with Gasteiger partial charge < -0.3 is 14.5 Å². The molecule has 0 saturated heterocycles. The number of rotatable bonds is 6. The summed E-state index contributed by atoms with van der Waals surface area (Å²) in [4.78, 5) is 17.3. The van der Waals surface area contributed by atoms with Crippen LogP contribution in [-0.2, 0) is 12.8 Å². The summed E-state index contributed by atoms with van der Waals surface area (Å²) in [5.74, 6) is 0.0148. The van der Waals surface area contributed by atoms with Crippen molar-refractivity contribution in [3.05, 3.63) is 106 Å². The number of anilines is 1. The van der Waals surface area contributed by atoms with Gasteiger partial charge in [0.2, 0.25) is 0 Å². The molecular weight excluding hydrogens is 519 g/mol. The minimum absolute atomic E-state index is 0.00180. The Balaban J connectivity index is 1.45. The zero-order valence-corrected chi connectivity index (χ0v) is 21.0. The Hall–Kier alpha value is -4.31. The van der Waals surface area contributed by atoms with Crippen molar-refractivity contribution in [1.82, 2.24) is 19.2 Å². The molecule has 0 atom stereocenters. The highest BCUT2D eigenvalue weighted by molar-refractivity contribution is 6.32. The third kappa shape index (κ3) is 5.21. The van der Waals surface area contributed by atoms with E-state index in [-0.39, 0.29) is 23.6 Å². The van der Waals surface area contributed by atoms with Crippen LogP contribution in [0.4, 0.5) is 18.9 Å². The van der Waals surface area contributed by atoms with Gasteiger partial charge in [-0.15, -0.1) is 0 Å². The van der Waals surface area contributed by atoms with Crippen LogP contribution in [-0.4, -0.2) is 25.1 Å². The fraction of sp³-hybridized carbons (Fsp3) is 0.148. The van der Waals surface area contributed by atoms with Gasteiger partial charge in [-0.25, -0.2) is 9.67 Å². The van der Waals surface area contributed by atoms with Gasteiger partial charge in [0.25, 0.3) is 5.91 Å². The Morgan fingerprint density at radius 2 is 1.82 bits per heavy atom. The molecule has 1 amide bonds. The zero-order chi connectivity index (χ0) is 27.0. The number of ether oxygens (including phenoxy) is 1. The van der Waals surface area contributed by atoms with Gasteiger partial charge >= 0.3 is 6.18 Å². The number of benzene rings is 2. The van der Waals surface area contributed by atoms with Crippen molar-refractivity contribution in [1.29, 1.82) is 0 Å². The van der Waals surface area contributed by atoms with Gasteiger partial charge in [-0.1, -0.05) is 35.4 Å². The third-order valence-corrected chi connectivity index (χ3v) is 6.16. The molecule has 0 bridgehead atoms. The summed E-state index contributed by atoms with van der Waals surface area (Å²) in [5, 5.41) is 5.97. The Morgan fingerprint density at radius 1 is 1.05 bits per heavy atom. The Bertz CT molecular complexity index is 1640. The number of pyridine rings is 1. The lowest BCUT2D eigenvalue weighted by Crippen LogP contribution is -2.13. The number of fused-ring (bicyclic) bond motifs is 1. The van der Waals surface area contributed by atoms with Crippen LogP contribution in [0.3, 0.4) is 0 Å². The molecule has 0 unspecified atom stereocenters. The fourth-order valence-electron chi connectivity index (χ4n) is 3.91. The van der Waals surface area contributed by atoms with Gasteiger partial charge in [-0.05, 0) is 56.3 Å². The first-order valence-electron chi connectivity index (χ1n) is 11.5. The quantitative estimate of drug-likeness (QED) is 0.262. The molecule has 5 aromatic rings. The van der Waals surface area contributed by atoms with Gasteiger partial charge in [-0.3, -0.25) is 4.79 Å². The van der Waals surface area contributed by atoms with E-state index in [2.05, 4.69) is 15.4 Å². The first-order chi connectivity index (χ1) is 18.1. The van der Waals surface area contributed by atoms with E-state index in [1.165, 1.54) is 12.1 Å². The van der Waals surface area contributed by atoms with Crippen LogP contribution in [0.5, 0.6) is 5.75 Å². The molecular formula is C27H21ClF3N5O2. The maximum atomic E-state index is 13.7. The normalized spacial score (nSPS) is 11.6. The summed E-state index contributed by atoms with van der Waals surface area (Å²) >= 11 is 6.14. The summed E-state index contributed by atoms with van der Waals surface area (Å²) < 4.78 is 49.5. The molecule has 0 aliphatic heterocycles. The molecule has 3 aromatic heterocycles. The van der Waals surface area contributed by atoms with Crippen molar-refractivity contribution >= 4 is 28.8 Å². The maximum Gasteiger partial charge on any atom is 0.436 e. The van der Waals surface area contributed by atoms with Crippen LogP contribution in [0.2, 0.25) is 5.02 Å². The smallest absolute Gasteiger partial charge is 0.436 e. The number of aromatic nitrogens is 4. The largest absolute Gasteiger partial charge is 0.487 e. The predicted octanol–water partition coefficient (Wildman–Crippen LogP) is 6.64. The van der Waals surface area contributed by atoms with Crippen LogP contribution in [0.15, 0.2) is 73.1 Å². The number of amides is 1. The summed E-state index contributed by atoms with van der Waals surface area (Å²) in [6, 6.07) is 16.6. The molecule has 0 radical (unpaired) electrons. The van der Waals surface area contributed by atoms with Crippen LogP contribution in [0.1, 0.15) is 33.0 Å². The lowest BCUT2D eigenvalue weighted by atomic mass is 10.2. The summed E-state index contributed by atoms with van der Waals surface area (Å²) in [7, 11) is 0. The van der Waals surface area contributed by atoms with E-state index in [1.54, 1.807) is 47.0 Å². The molecule has 0 aliphatic carbocycles. The van der Waals surface area contributed by atoms with Crippen molar-refractivity contribution in [3.63, 3.8) is 0 Å². The SMILES string of the molecule is Cc1ccc(OCc2c(Cl)c(C(F)(F)F)nn2-c2cccc(C(=O)Nc3ccc4nc(C)cn4c3)c2)cc1. The highest BCUT2D eigenvalue weighted by Gasteiger charge is 2.39. The van der Waals surface area contributed by atoms with E-state index in [0.29, 0.717) is 11.4 Å². The molecule has 0 saturated carbocycles. The third-order valence-electron chi connectivity index (χ3n) is 5.76.